The van der Waals surface area contributed by atoms with Gasteiger partial charge in [-0.1, -0.05) is 6.07 Å². The van der Waals surface area contributed by atoms with Crippen LogP contribution in [0.25, 0.3) is 0 Å². The summed E-state index contributed by atoms with van der Waals surface area (Å²) in [4.78, 5) is 2.18. The van der Waals surface area contributed by atoms with Crippen molar-refractivity contribution in [3.05, 3.63) is 24.3 Å². The highest BCUT2D eigenvalue weighted by molar-refractivity contribution is 5.50. The highest BCUT2D eigenvalue weighted by atomic mass is 16.6. The maximum atomic E-state index is 5.18. The summed E-state index contributed by atoms with van der Waals surface area (Å²) in [5.74, 6) is 0.895. The van der Waals surface area contributed by atoms with E-state index in [0.29, 0.717) is 6.10 Å². The van der Waals surface area contributed by atoms with Gasteiger partial charge in [-0.3, -0.25) is 0 Å². The van der Waals surface area contributed by atoms with Crippen LogP contribution in [0.2, 0.25) is 0 Å². The van der Waals surface area contributed by atoms with Gasteiger partial charge in [-0.2, -0.15) is 0 Å². The molecule has 0 bridgehead atoms. The molecule has 3 heteroatoms. The fourth-order valence-electron chi connectivity index (χ4n) is 1.43. The van der Waals surface area contributed by atoms with Gasteiger partial charge in [-0.25, -0.2) is 0 Å². The first-order valence-electron chi connectivity index (χ1n) is 4.76. The van der Waals surface area contributed by atoms with E-state index in [4.69, 9.17) is 9.47 Å². The van der Waals surface area contributed by atoms with Gasteiger partial charge < -0.3 is 14.4 Å². The molecule has 1 aliphatic rings. The summed E-state index contributed by atoms with van der Waals surface area (Å²) < 4.78 is 10.4. The normalized spacial score (nSPS) is 19.1. The molecular formula is C11H15NO2. The SMILES string of the molecule is COc1cccc(N(C)CC2CO2)c1. The molecule has 76 valence electrons. The Balaban J connectivity index is 2.05. The van der Waals surface area contributed by atoms with Crippen molar-refractivity contribution in [2.45, 2.75) is 6.10 Å². The smallest absolute Gasteiger partial charge is 0.120 e. The van der Waals surface area contributed by atoms with Crippen molar-refractivity contribution < 1.29 is 9.47 Å². The fourth-order valence-corrected chi connectivity index (χ4v) is 1.43. The van der Waals surface area contributed by atoms with E-state index in [1.165, 1.54) is 5.69 Å². The van der Waals surface area contributed by atoms with Crippen molar-refractivity contribution in [1.82, 2.24) is 0 Å². The van der Waals surface area contributed by atoms with E-state index in [1.807, 2.05) is 18.2 Å². The third kappa shape index (κ3) is 2.17. The van der Waals surface area contributed by atoms with Crippen molar-refractivity contribution in [3.8, 4) is 5.75 Å². The van der Waals surface area contributed by atoms with Crippen molar-refractivity contribution in [3.63, 3.8) is 0 Å². The molecule has 1 unspecified atom stereocenters. The first-order valence-corrected chi connectivity index (χ1v) is 4.76. The van der Waals surface area contributed by atoms with E-state index < -0.39 is 0 Å². The molecule has 1 aromatic carbocycles. The number of ether oxygens (including phenoxy) is 2. The van der Waals surface area contributed by atoms with E-state index in [-0.39, 0.29) is 0 Å². The number of hydrogen-bond donors (Lipinski definition) is 0. The molecule has 0 radical (unpaired) electrons. The maximum absolute atomic E-state index is 5.18. The molecule has 0 saturated carbocycles. The monoisotopic (exact) mass is 193 g/mol. The first-order chi connectivity index (χ1) is 6.79. The number of rotatable bonds is 4. The second kappa shape index (κ2) is 3.88. The lowest BCUT2D eigenvalue weighted by Crippen LogP contribution is -2.22. The summed E-state index contributed by atoms with van der Waals surface area (Å²) in [6.07, 6.45) is 0.422. The number of methoxy groups -OCH3 is 1. The van der Waals surface area contributed by atoms with Crippen molar-refractivity contribution >= 4 is 5.69 Å². The molecule has 14 heavy (non-hydrogen) atoms. The van der Waals surface area contributed by atoms with Gasteiger partial charge in [0.15, 0.2) is 0 Å². The van der Waals surface area contributed by atoms with Crippen LogP contribution < -0.4 is 9.64 Å². The van der Waals surface area contributed by atoms with Crippen LogP contribution in [0.3, 0.4) is 0 Å². The lowest BCUT2D eigenvalue weighted by Gasteiger charge is -2.18. The topological polar surface area (TPSA) is 25.0 Å². The van der Waals surface area contributed by atoms with Gasteiger partial charge in [0.2, 0.25) is 0 Å². The second-order valence-corrected chi connectivity index (χ2v) is 3.54. The van der Waals surface area contributed by atoms with Gasteiger partial charge in [-0.15, -0.1) is 0 Å². The highest BCUT2D eigenvalue weighted by Crippen LogP contribution is 2.21. The molecule has 2 rings (SSSR count). The molecule has 0 spiro atoms. The van der Waals surface area contributed by atoms with Crippen molar-refractivity contribution in [2.75, 3.05) is 32.2 Å². The van der Waals surface area contributed by atoms with Crippen LogP contribution in [0.5, 0.6) is 5.75 Å². The van der Waals surface area contributed by atoms with Crippen molar-refractivity contribution in [2.24, 2.45) is 0 Å². The molecule has 1 aromatic rings. The third-order valence-corrected chi connectivity index (χ3v) is 2.37. The molecule has 1 aliphatic heterocycles. The van der Waals surface area contributed by atoms with Crippen LogP contribution >= 0.6 is 0 Å². The largest absolute Gasteiger partial charge is 0.497 e. The minimum atomic E-state index is 0.422. The van der Waals surface area contributed by atoms with Gasteiger partial charge >= 0.3 is 0 Å². The number of nitrogens with zero attached hydrogens (tertiary/aromatic N) is 1. The zero-order valence-electron chi connectivity index (χ0n) is 8.56. The zero-order valence-corrected chi connectivity index (χ0v) is 8.56. The first kappa shape index (κ1) is 9.34. The Hall–Kier alpha value is -1.22. The van der Waals surface area contributed by atoms with Crippen molar-refractivity contribution in [1.29, 1.82) is 0 Å². The van der Waals surface area contributed by atoms with Crippen LogP contribution in [0.1, 0.15) is 0 Å². The molecule has 3 nitrogen and oxygen atoms in total. The Morgan fingerprint density at radius 1 is 1.57 bits per heavy atom. The van der Waals surface area contributed by atoms with E-state index in [1.54, 1.807) is 7.11 Å². The minimum Gasteiger partial charge on any atom is -0.497 e. The van der Waals surface area contributed by atoms with E-state index >= 15 is 0 Å². The summed E-state index contributed by atoms with van der Waals surface area (Å²) in [7, 11) is 3.75. The summed E-state index contributed by atoms with van der Waals surface area (Å²) in [6, 6.07) is 8.05. The summed E-state index contributed by atoms with van der Waals surface area (Å²) in [6.45, 7) is 1.85. The van der Waals surface area contributed by atoms with Crippen LogP contribution in [0.4, 0.5) is 5.69 Å². The Kier molecular flexibility index (Phi) is 2.59. The van der Waals surface area contributed by atoms with E-state index in [0.717, 1.165) is 18.9 Å². The minimum absolute atomic E-state index is 0.422. The lowest BCUT2D eigenvalue weighted by molar-refractivity contribution is 0.408. The van der Waals surface area contributed by atoms with Gasteiger partial charge in [0.25, 0.3) is 0 Å². The molecule has 0 N–H and O–H groups in total. The number of epoxide rings is 1. The Labute approximate surface area is 84.2 Å². The predicted octanol–water partition coefficient (Wildman–Crippen LogP) is 1.53. The quantitative estimate of drug-likeness (QED) is 0.678. The van der Waals surface area contributed by atoms with E-state index in [2.05, 4.69) is 18.0 Å². The molecule has 0 aliphatic carbocycles. The Bertz CT molecular complexity index is 310. The molecule has 1 fully saturated rings. The average molecular weight is 193 g/mol. The van der Waals surface area contributed by atoms with Crippen LogP contribution in [-0.4, -0.2) is 33.4 Å². The van der Waals surface area contributed by atoms with E-state index in [9.17, 15) is 0 Å². The highest BCUT2D eigenvalue weighted by Gasteiger charge is 2.24. The van der Waals surface area contributed by atoms with Crippen LogP contribution in [0.15, 0.2) is 24.3 Å². The number of hydrogen-bond acceptors (Lipinski definition) is 3. The Morgan fingerprint density at radius 3 is 3.00 bits per heavy atom. The van der Waals surface area contributed by atoms with Gasteiger partial charge in [-0.05, 0) is 12.1 Å². The molecule has 1 atom stereocenters. The molecule has 0 aromatic heterocycles. The van der Waals surface area contributed by atoms with Gasteiger partial charge in [0.1, 0.15) is 5.75 Å². The number of anilines is 1. The average Bonchev–Trinajstić information content (AvgIpc) is 3.02. The predicted molar refractivity (Wildman–Crippen MR) is 56.0 cm³/mol. The van der Waals surface area contributed by atoms with Gasteiger partial charge in [0, 0.05) is 25.3 Å². The lowest BCUT2D eigenvalue weighted by atomic mass is 10.2. The molecule has 1 saturated heterocycles. The summed E-state index contributed by atoms with van der Waals surface area (Å²) in [5, 5.41) is 0. The molecule has 0 amide bonds. The number of likely N-dealkylation sites (N-methyl/N-ethyl adjacent to an activating group) is 1. The molecule has 1 heterocycles. The fraction of sp³-hybridized carbons (Fsp3) is 0.455. The maximum Gasteiger partial charge on any atom is 0.120 e. The second-order valence-electron chi connectivity index (χ2n) is 3.54. The summed E-state index contributed by atoms with van der Waals surface area (Å²) in [5.41, 5.74) is 1.17. The Morgan fingerprint density at radius 2 is 2.36 bits per heavy atom. The standard InChI is InChI=1S/C11H15NO2/c1-12(7-11-8-14-11)9-4-3-5-10(6-9)13-2/h3-6,11H,7-8H2,1-2H3. The molecular weight excluding hydrogens is 178 g/mol. The van der Waals surface area contributed by atoms with Crippen LogP contribution in [0, 0.1) is 0 Å². The van der Waals surface area contributed by atoms with Gasteiger partial charge in [0.05, 0.1) is 19.8 Å². The van der Waals surface area contributed by atoms with Crippen LogP contribution in [-0.2, 0) is 4.74 Å². The number of benzene rings is 1. The third-order valence-electron chi connectivity index (χ3n) is 2.37. The summed E-state index contributed by atoms with van der Waals surface area (Å²) >= 11 is 0. The zero-order chi connectivity index (χ0) is 9.97.